The Kier molecular flexibility index (Phi) is 2.95. The van der Waals surface area contributed by atoms with Gasteiger partial charge in [-0.3, -0.25) is 0 Å². The molecule has 92 valence electrons. The highest BCUT2D eigenvalue weighted by atomic mass is 14.3. The average molecular weight is 244 g/mol. The molecule has 0 aliphatic heterocycles. The molecule has 2 aromatic rings. The molecule has 0 saturated carbocycles. The van der Waals surface area contributed by atoms with E-state index in [0.29, 0.717) is 0 Å². The van der Waals surface area contributed by atoms with Gasteiger partial charge in [-0.05, 0) is 51.6 Å². The monoisotopic (exact) mass is 244 g/mol. The Morgan fingerprint density at radius 3 is 2.37 bits per heavy atom. The predicted octanol–water partition coefficient (Wildman–Crippen LogP) is 5.31. The van der Waals surface area contributed by atoms with Crippen molar-refractivity contribution in [2.45, 2.75) is 13.8 Å². The molecular formula is C19H16. The fourth-order valence-electron chi connectivity index (χ4n) is 2.75. The molecule has 2 aliphatic carbocycles. The zero-order valence-corrected chi connectivity index (χ0v) is 11.3. The van der Waals surface area contributed by atoms with E-state index in [0.717, 1.165) is 0 Å². The van der Waals surface area contributed by atoms with Crippen LogP contribution in [0.15, 0.2) is 60.3 Å². The molecule has 19 heavy (non-hydrogen) atoms. The third kappa shape index (κ3) is 1.69. The molecule has 0 bridgehead atoms. The van der Waals surface area contributed by atoms with Crippen molar-refractivity contribution in [2.75, 3.05) is 0 Å². The highest BCUT2D eigenvalue weighted by Gasteiger charge is 2.24. The van der Waals surface area contributed by atoms with E-state index >= 15 is 0 Å². The topological polar surface area (TPSA) is 0 Å². The van der Waals surface area contributed by atoms with Crippen molar-refractivity contribution in [3.05, 3.63) is 77.0 Å². The molecule has 0 aromatic heterocycles. The Morgan fingerprint density at radius 1 is 0.789 bits per heavy atom. The van der Waals surface area contributed by atoms with E-state index in [9.17, 15) is 0 Å². The van der Waals surface area contributed by atoms with Crippen molar-refractivity contribution < 1.29 is 0 Å². The molecule has 0 heteroatoms. The van der Waals surface area contributed by atoms with Gasteiger partial charge in [0.15, 0.2) is 0 Å². The summed E-state index contributed by atoms with van der Waals surface area (Å²) in [5.74, 6) is 0. The fourth-order valence-corrected chi connectivity index (χ4v) is 2.75. The van der Waals surface area contributed by atoms with Crippen molar-refractivity contribution >= 4 is 11.6 Å². The van der Waals surface area contributed by atoms with Gasteiger partial charge in [-0.15, -0.1) is 5.73 Å². The minimum Gasteiger partial charge on any atom is -0.120 e. The summed E-state index contributed by atoms with van der Waals surface area (Å²) in [6.07, 6.45) is 6.23. The molecule has 4 rings (SSSR count). The summed E-state index contributed by atoms with van der Waals surface area (Å²) in [4.78, 5) is 0. The molecule has 0 spiro atoms. The summed E-state index contributed by atoms with van der Waals surface area (Å²) < 4.78 is 0. The van der Waals surface area contributed by atoms with Gasteiger partial charge in [-0.1, -0.05) is 56.3 Å². The van der Waals surface area contributed by atoms with E-state index in [1.165, 1.54) is 33.4 Å². The van der Waals surface area contributed by atoms with Gasteiger partial charge in [0.25, 0.3) is 0 Å². The van der Waals surface area contributed by atoms with Gasteiger partial charge in [0.2, 0.25) is 0 Å². The van der Waals surface area contributed by atoms with Crippen LogP contribution in [0, 0.1) is 0 Å². The molecule has 2 aromatic carbocycles. The summed E-state index contributed by atoms with van der Waals surface area (Å²) in [5.41, 5.74) is 11.2. The van der Waals surface area contributed by atoms with Crippen molar-refractivity contribution in [3.63, 3.8) is 0 Å². The molecular weight excluding hydrogens is 228 g/mol. The third-order valence-electron chi connectivity index (χ3n) is 3.46. The van der Waals surface area contributed by atoms with Crippen LogP contribution in [-0.4, -0.2) is 0 Å². The Labute approximate surface area is 114 Å². The first kappa shape index (κ1) is 11.8. The lowest BCUT2D eigenvalue weighted by Crippen LogP contribution is -1.84. The first-order chi connectivity index (χ1) is 9.45. The lowest BCUT2D eigenvalue weighted by Gasteiger charge is -2.04. The zero-order chi connectivity index (χ0) is 13.2. The zero-order valence-electron chi connectivity index (χ0n) is 11.3. The van der Waals surface area contributed by atoms with Gasteiger partial charge in [-0.25, -0.2) is 0 Å². The second-order valence-corrected chi connectivity index (χ2v) is 4.37. The lowest BCUT2D eigenvalue weighted by atomic mass is 9.99. The van der Waals surface area contributed by atoms with Gasteiger partial charge in [0.05, 0.1) is 0 Å². The summed E-state index contributed by atoms with van der Waals surface area (Å²) >= 11 is 0. The van der Waals surface area contributed by atoms with E-state index in [4.69, 9.17) is 0 Å². The first-order valence-corrected chi connectivity index (χ1v) is 6.81. The Morgan fingerprint density at radius 2 is 1.53 bits per heavy atom. The lowest BCUT2D eigenvalue weighted by molar-refractivity contribution is 1.50. The van der Waals surface area contributed by atoms with Crippen LogP contribution in [0.1, 0.15) is 30.5 Å². The van der Waals surface area contributed by atoms with Gasteiger partial charge in [0.1, 0.15) is 0 Å². The maximum atomic E-state index is 3.20. The van der Waals surface area contributed by atoms with Crippen LogP contribution in [0.3, 0.4) is 0 Å². The smallest absolute Gasteiger partial charge is 0.00200 e. The maximum absolute atomic E-state index is 3.20. The Balaban J connectivity index is 0.000000528. The SMILES string of the molecule is C1=CC=C2c3ccccc3-c3cccc(c32)C=1.CC. The number of benzene rings is 2. The molecule has 0 nitrogen and oxygen atoms in total. The number of rotatable bonds is 0. The summed E-state index contributed by atoms with van der Waals surface area (Å²) in [7, 11) is 0. The molecule has 0 heterocycles. The van der Waals surface area contributed by atoms with E-state index < -0.39 is 0 Å². The van der Waals surface area contributed by atoms with Gasteiger partial charge >= 0.3 is 0 Å². The number of hydrogen-bond donors (Lipinski definition) is 0. The maximum Gasteiger partial charge on any atom is -0.00200 e. The number of hydrogen-bond acceptors (Lipinski definition) is 0. The third-order valence-corrected chi connectivity index (χ3v) is 3.46. The Bertz CT molecular complexity index is 723. The van der Waals surface area contributed by atoms with Gasteiger partial charge < -0.3 is 0 Å². The van der Waals surface area contributed by atoms with Crippen molar-refractivity contribution in [2.24, 2.45) is 0 Å². The molecule has 0 saturated heterocycles. The highest BCUT2D eigenvalue weighted by molar-refractivity contribution is 6.04. The molecule has 0 radical (unpaired) electrons. The van der Waals surface area contributed by atoms with Crippen LogP contribution in [0.25, 0.3) is 22.8 Å². The normalized spacial score (nSPS) is 12.8. The van der Waals surface area contributed by atoms with Crippen LogP contribution < -0.4 is 0 Å². The van der Waals surface area contributed by atoms with Crippen LogP contribution in [0.2, 0.25) is 0 Å². The van der Waals surface area contributed by atoms with Crippen LogP contribution in [0.4, 0.5) is 0 Å². The van der Waals surface area contributed by atoms with Gasteiger partial charge in [0, 0.05) is 0 Å². The van der Waals surface area contributed by atoms with Gasteiger partial charge in [-0.2, -0.15) is 0 Å². The predicted molar refractivity (Wildman–Crippen MR) is 82.9 cm³/mol. The number of allylic oxidation sites excluding steroid dienone is 2. The quantitative estimate of drug-likeness (QED) is 0.470. The van der Waals surface area contributed by atoms with Crippen LogP contribution >= 0.6 is 0 Å². The first-order valence-electron chi connectivity index (χ1n) is 6.81. The Hall–Kier alpha value is -2.30. The van der Waals surface area contributed by atoms with E-state index in [2.05, 4.69) is 60.3 Å². The summed E-state index contributed by atoms with van der Waals surface area (Å²) in [5, 5.41) is 0. The van der Waals surface area contributed by atoms with E-state index in [1.807, 2.05) is 19.9 Å². The minimum atomic E-state index is 1.26. The molecule has 2 aliphatic rings. The second kappa shape index (κ2) is 4.76. The molecule has 0 unspecified atom stereocenters. The molecule has 0 fully saturated rings. The van der Waals surface area contributed by atoms with Crippen molar-refractivity contribution in [1.82, 2.24) is 0 Å². The second-order valence-electron chi connectivity index (χ2n) is 4.37. The summed E-state index contributed by atoms with van der Waals surface area (Å²) in [6.45, 7) is 4.00. The minimum absolute atomic E-state index is 1.26. The average Bonchev–Trinajstić information content (AvgIpc) is 2.66. The van der Waals surface area contributed by atoms with Crippen molar-refractivity contribution in [1.29, 1.82) is 0 Å². The van der Waals surface area contributed by atoms with Crippen molar-refractivity contribution in [3.8, 4) is 11.1 Å². The van der Waals surface area contributed by atoms with Crippen LogP contribution in [-0.2, 0) is 0 Å². The highest BCUT2D eigenvalue weighted by Crippen LogP contribution is 2.46. The largest absolute Gasteiger partial charge is 0.120 e. The summed E-state index contributed by atoms with van der Waals surface area (Å²) in [6, 6.07) is 15.1. The molecule has 0 atom stereocenters. The molecule has 0 amide bonds. The van der Waals surface area contributed by atoms with E-state index in [-0.39, 0.29) is 0 Å². The van der Waals surface area contributed by atoms with E-state index in [1.54, 1.807) is 0 Å². The fraction of sp³-hybridized carbons (Fsp3) is 0.105. The molecule has 0 N–H and O–H groups in total. The standard InChI is InChI=1S/C17H10.C2H6/c1-2-10-15-13-8-3-4-9-14(13)16-11-5-7-12(6-1)17(15)16;1-2/h2-11H;1-2H3. The van der Waals surface area contributed by atoms with Crippen LogP contribution in [0.5, 0.6) is 0 Å². The number of fused-ring (bicyclic) bond motifs is 3.